The zero-order valence-corrected chi connectivity index (χ0v) is 17.8. The second-order valence-electron chi connectivity index (χ2n) is 9.10. The van der Waals surface area contributed by atoms with E-state index in [1.165, 1.54) is 16.7 Å². The van der Waals surface area contributed by atoms with Crippen molar-refractivity contribution in [3.63, 3.8) is 0 Å². The van der Waals surface area contributed by atoms with E-state index < -0.39 is 0 Å². The van der Waals surface area contributed by atoms with Gasteiger partial charge < -0.3 is 4.90 Å². The number of benzene rings is 3. The molecule has 0 aromatic heterocycles. The molecule has 2 heteroatoms. The molecule has 0 spiro atoms. The molecule has 1 aliphatic rings. The number of aryl methyl sites for hydroxylation is 1. The van der Waals surface area contributed by atoms with E-state index in [2.05, 4.69) is 76.2 Å². The smallest absolute Gasteiger partial charge is 0.231 e. The third-order valence-electron chi connectivity index (χ3n) is 6.24. The minimum atomic E-state index is -0.293. The van der Waals surface area contributed by atoms with Crippen molar-refractivity contribution in [1.29, 1.82) is 0 Å². The summed E-state index contributed by atoms with van der Waals surface area (Å²) in [6.07, 6.45) is 1.29. The predicted molar refractivity (Wildman–Crippen MR) is 120 cm³/mol. The van der Waals surface area contributed by atoms with E-state index in [0.29, 0.717) is 6.42 Å². The molecule has 0 N–H and O–H groups in total. The molecule has 0 aliphatic carbocycles. The molecule has 1 aliphatic heterocycles. The minimum Gasteiger partial charge on any atom is -0.306 e. The molecule has 2 nitrogen and oxygen atoms in total. The number of rotatable bonds is 3. The summed E-state index contributed by atoms with van der Waals surface area (Å²) in [7, 11) is 0. The molecule has 29 heavy (non-hydrogen) atoms. The van der Waals surface area contributed by atoms with Gasteiger partial charge in [-0.3, -0.25) is 4.79 Å². The van der Waals surface area contributed by atoms with Crippen LogP contribution < -0.4 is 4.90 Å². The van der Waals surface area contributed by atoms with Gasteiger partial charge >= 0.3 is 0 Å². The summed E-state index contributed by atoms with van der Waals surface area (Å²) in [4.78, 5) is 15.5. The molecule has 0 saturated carbocycles. The van der Waals surface area contributed by atoms with Gasteiger partial charge in [0.15, 0.2) is 0 Å². The highest BCUT2D eigenvalue weighted by Gasteiger charge is 2.47. The SMILES string of the molecule is Cc1ccc2c(c1)[C@](C)(c1ccccc1)CC(C)(C)N2C(=O)Cc1ccccc1. The Morgan fingerprint density at radius 1 is 0.897 bits per heavy atom. The van der Waals surface area contributed by atoms with Crippen LogP contribution in [0.15, 0.2) is 78.9 Å². The van der Waals surface area contributed by atoms with Gasteiger partial charge in [-0.2, -0.15) is 0 Å². The second kappa shape index (κ2) is 7.18. The largest absolute Gasteiger partial charge is 0.306 e. The third-order valence-corrected chi connectivity index (χ3v) is 6.24. The summed E-state index contributed by atoms with van der Waals surface area (Å²) in [6, 6.07) is 27.2. The summed E-state index contributed by atoms with van der Waals surface area (Å²) in [6.45, 7) is 8.84. The van der Waals surface area contributed by atoms with Crippen LogP contribution in [0.2, 0.25) is 0 Å². The van der Waals surface area contributed by atoms with E-state index in [1.807, 2.05) is 35.2 Å². The fourth-order valence-corrected chi connectivity index (χ4v) is 5.04. The fraction of sp³-hybridized carbons (Fsp3) is 0.296. The topological polar surface area (TPSA) is 20.3 Å². The Labute approximate surface area is 174 Å². The summed E-state index contributed by atoms with van der Waals surface area (Å²) in [5.74, 6) is 0.154. The van der Waals surface area contributed by atoms with Crippen LogP contribution in [0, 0.1) is 6.92 Å². The maximum atomic E-state index is 13.5. The van der Waals surface area contributed by atoms with Gasteiger partial charge in [0.25, 0.3) is 0 Å². The van der Waals surface area contributed by atoms with Crippen molar-refractivity contribution in [2.45, 2.75) is 51.5 Å². The van der Waals surface area contributed by atoms with Gasteiger partial charge in [-0.15, -0.1) is 0 Å². The Hall–Kier alpha value is -2.87. The molecule has 3 aromatic rings. The van der Waals surface area contributed by atoms with Crippen LogP contribution in [0.25, 0.3) is 0 Å². The van der Waals surface area contributed by atoms with E-state index in [9.17, 15) is 4.79 Å². The molecule has 0 saturated heterocycles. The first kappa shape index (κ1) is 19.4. The monoisotopic (exact) mass is 383 g/mol. The Morgan fingerprint density at radius 3 is 2.17 bits per heavy atom. The highest BCUT2D eigenvalue weighted by atomic mass is 16.2. The number of carbonyl (C=O) groups excluding carboxylic acids is 1. The standard InChI is InChI=1S/C27H29NO/c1-20-15-16-24-23(17-20)27(4,22-13-9-6-10-14-22)19-26(2,3)28(24)25(29)18-21-11-7-5-8-12-21/h5-17H,18-19H2,1-4H3/t27-/m0/s1. The maximum Gasteiger partial charge on any atom is 0.231 e. The number of nitrogens with zero attached hydrogens (tertiary/aromatic N) is 1. The number of hydrogen-bond acceptors (Lipinski definition) is 1. The van der Waals surface area contributed by atoms with Crippen LogP contribution in [-0.2, 0) is 16.6 Å². The molecule has 148 valence electrons. The van der Waals surface area contributed by atoms with Crippen molar-refractivity contribution in [3.05, 3.63) is 101 Å². The molecular weight excluding hydrogens is 354 g/mol. The van der Waals surface area contributed by atoms with Gasteiger partial charge in [0.1, 0.15) is 0 Å². The van der Waals surface area contributed by atoms with Gasteiger partial charge in [-0.25, -0.2) is 0 Å². The average molecular weight is 384 g/mol. The number of carbonyl (C=O) groups is 1. The van der Waals surface area contributed by atoms with Crippen molar-refractivity contribution in [3.8, 4) is 0 Å². The highest BCUT2D eigenvalue weighted by Crippen LogP contribution is 2.50. The lowest BCUT2D eigenvalue weighted by Crippen LogP contribution is -2.56. The molecule has 0 bridgehead atoms. The third kappa shape index (κ3) is 3.48. The van der Waals surface area contributed by atoms with Crippen molar-refractivity contribution < 1.29 is 4.79 Å². The van der Waals surface area contributed by atoms with E-state index in [4.69, 9.17) is 0 Å². The lowest BCUT2D eigenvalue weighted by molar-refractivity contribution is -0.119. The van der Waals surface area contributed by atoms with Crippen LogP contribution in [0.3, 0.4) is 0 Å². The lowest BCUT2D eigenvalue weighted by Gasteiger charge is -2.51. The zero-order chi connectivity index (χ0) is 20.6. The molecule has 1 heterocycles. The van der Waals surface area contributed by atoms with Crippen LogP contribution in [0.5, 0.6) is 0 Å². The maximum absolute atomic E-state index is 13.5. The van der Waals surface area contributed by atoms with Gasteiger partial charge in [0.2, 0.25) is 5.91 Å². The van der Waals surface area contributed by atoms with E-state index >= 15 is 0 Å². The molecular formula is C27H29NO. The summed E-state index contributed by atoms with van der Waals surface area (Å²) < 4.78 is 0. The van der Waals surface area contributed by atoms with E-state index in [-0.39, 0.29) is 16.9 Å². The van der Waals surface area contributed by atoms with Crippen LogP contribution >= 0.6 is 0 Å². The van der Waals surface area contributed by atoms with Crippen molar-refractivity contribution in [2.24, 2.45) is 0 Å². The number of fused-ring (bicyclic) bond motifs is 1. The molecule has 1 amide bonds. The quantitative estimate of drug-likeness (QED) is 0.538. The predicted octanol–water partition coefficient (Wildman–Crippen LogP) is 6.06. The highest BCUT2D eigenvalue weighted by molar-refractivity contribution is 5.98. The van der Waals surface area contributed by atoms with Gasteiger partial charge in [-0.1, -0.05) is 85.3 Å². The number of anilines is 1. The van der Waals surface area contributed by atoms with Gasteiger partial charge in [-0.05, 0) is 49.9 Å². The zero-order valence-electron chi connectivity index (χ0n) is 17.8. The molecule has 0 radical (unpaired) electrons. The van der Waals surface area contributed by atoms with Crippen molar-refractivity contribution in [1.82, 2.24) is 0 Å². The molecule has 1 atom stereocenters. The van der Waals surface area contributed by atoms with Crippen molar-refractivity contribution in [2.75, 3.05) is 4.90 Å². The van der Waals surface area contributed by atoms with Gasteiger partial charge in [0, 0.05) is 16.6 Å². The molecule has 4 rings (SSSR count). The second-order valence-corrected chi connectivity index (χ2v) is 9.10. The first-order valence-electron chi connectivity index (χ1n) is 10.3. The first-order valence-corrected chi connectivity index (χ1v) is 10.3. The summed E-state index contributed by atoms with van der Waals surface area (Å²) in [5.41, 5.74) is 5.42. The summed E-state index contributed by atoms with van der Waals surface area (Å²) >= 11 is 0. The average Bonchev–Trinajstić information content (AvgIpc) is 2.69. The Morgan fingerprint density at radius 2 is 1.52 bits per heavy atom. The Kier molecular flexibility index (Phi) is 4.82. The lowest BCUT2D eigenvalue weighted by atomic mass is 9.65. The number of amides is 1. The van der Waals surface area contributed by atoms with Crippen LogP contribution in [0.4, 0.5) is 5.69 Å². The molecule has 0 unspecified atom stereocenters. The normalized spacial score (nSPS) is 20.2. The Balaban J connectivity index is 1.83. The van der Waals surface area contributed by atoms with Gasteiger partial charge in [0.05, 0.1) is 6.42 Å². The van der Waals surface area contributed by atoms with E-state index in [1.54, 1.807) is 0 Å². The minimum absolute atomic E-state index is 0.143. The summed E-state index contributed by atoms with van der Waals surface area (Å²) in [5, 5.41) is 0. The number of hydrogen-bond donors (Lipinski definition) is 0. The van der Waals surface area contributed by atoms with Crippen LogP contribution in [0.1, 0.15) is 49.4 Å². The Bertz CT molecular complexity index is 1020. The van der Waals surface area contributed by atoms with Crippen LogP contribution in [-0.4, -0.2) is 11.4 Å². The molecule has 3 aromatic carbocycles. The first-order chi connectivity index (χ1) is 13.8. The van der Waals surface area contributed by atoms with Crippen molar-refractivity contribution >= 4 is 11.6 Å². The molecule has 0 fully saturated rings. The van der Waals surface area contributed by atoms with E-state index in [0.717, 1.165) is 17.7 Å². The fourth-order valence-electron chi connectivity index (χ4n) is 5.04.